The molecule has 0 aliphatic heterocycles. The van der Waals surface area contributed by atoms with Crippen molar-refractivity contribution in [3.8, 4) is 0 Å². The van der Waals surface area contributed by atoms with E-state index < -0.39 is 0 Å². The van der Waals surface area contributed by atoms with E-state index in [9.17, 15) is 5.11 Å². The van der Waals surface area contributed by atoms with Gasteiger partial charge < -0.3 is 10.4 Å². The molecule has 1 heterocycles. The summed E-state index contributed by atoms with van der Waals surface area (Å²) in [6, 6.07) is 0. The fraction of sp³-hybridized carbons (Fsp3) is 0.667. The van der Waals surface area contributed by atoms with Gasteiger partial charge in [0.25, 0.3) is 0 Å². The van der Waals surface area contributed by atoms with E-state index in [1.807, 2.05) is 6.92 Å². The molecule has 0 atom stereocenters. The molecule has 0 radical (unpaired) electrons. The van der Waals surface area contributed by atoms with Gasteiger partial charge in [0, 0.05) is 17.5 Å². The Morgan fingerprint density at radius 2 is 2.00 bits per heavy atom. The van der Waals surface area contributed by atoms with Crippen molar-refractivity contribution in [1.82, 2.24) is 9.97 Å². The maximum atomic E-state index is 9.48. The summed E-state index contributed by atoms with van der Waals surface area (Å²) in [6.07, 6.45) is 3.28. The van der Waals surface area contributed by atoms with Crippen molar-refractivity contribution in [2.24, 2.45) is 5.41 Å². The molecule has 0 amide bonds. The van der Waals surface area contributed by atoms with Crippen LogP contribution >= 0.6 is 11.6 Å². The Bertz CT molecular complexity index is 359. The van der Waals surface area contributed by atoms with Crippen LogP contribution in [0.5, 0.6) is 0 Å². The number of aromatic nitrogens is 2. The predicted molar refractivity (Wildman–Crippen MR) is 70.4 cm³/mol. The van der Waals surface area contributed by atoms with Gasteiger partial charge in [-0.3, -0.25) is 0 Å². The van der Waals surface area contributed by atoms with E-state index in [0.29, 0.717) is 11.7 Å². The third kappa shape index (κ3) is 3.30. The highest BCUT2D eigenvalue weighted by Gasteiger charge is 2.25. The molecule has 5 heteroatoms. The molecule has 0 saturated carbocycles. The smallest absolute Gasteiger partial charge is 0.137 e. The van der Waals surface area contributed by atoms with Crippen LogP contribution in [-0.4, -0.2) is 28.2 Å². The van der Waals surface area contributed by atoms with Gasteiger partial charge >= 0.3 is 0 Å². The summed E-state index contributed by atoms with van der Waals surface area (Å²) >= 11 is 5.92. The largest absolute Gasteiger partial charge is 0.396 e. The van der Waals surface area contributed by atoms with E-state index in [0.717, 1.165) is 24.2 Å². The summed E-state index contributed by atoms with van der Waals surface area (Å²) in [5.41, 5.74) is 0.748. The van der Waals surface area contributed by atoms with Crippen LogP contribution in [-0.2, 0) is 0 Å². The number of aliphatic hydroxyl groups is 1. The fourth-order valence-corrected chi connectivity index (χ4v) is 1.79. The van der Waals surface area contributed by atoms with Crippen molar-refractivity contribution in [3.05, 3.63) is 17.0 Å². The molecule has 1 aromatic heterocycles. The molecule has 0 bridgehead atoms. The molecule has 1 rings (SSSR count). The highest BCUT2D eigenvalue weighted by molar-refractivity contribution is 6.30. The van der Waals surface area contributed by atoms with Crippen molar-refractivity contribution >= 4 is 17.4 Å². The Labute approximate surface area is 107 Å². The van der Waals surface area contributed by atoms with Crippen LogP contribution < -0.4 is 5.32 Å². The minimum absolute atomic E-state index is 0.0934. The number of nitrogens with one attached hydrogen (secondary N) is 1. The number of hydrogen-bond donors (Lipinski definition) is 2. The first-order chi connectivity index (χ1) is 8.08. The van der Waals surface area contributed by atoms with E-state index in [1.54, 1.807) is 0 Å². The third-order valence-electron chi connectivity index (χ3n) is 3.49. The van der Waals surface area contributed by atoms with Crippen molar-refractivity contribution in [3.63, 3.8) is 0 Å². The van der Waals surface area contributed by atoms with E-state index in [4.69, 9.17) is 11.6 Å². The van der Waals surface area contributed by atoms with Gasteiger partial charge in [-0.2, -0.15) is 0 Å². The Kier molecular flexibility index (Phi) is 5.15. The van der Waals surface area contributed by atoms with Crippen LogP contribution in [0.15, 0.2) is 6.33 Å². The average molecular weight is 258 g/mol. The maximum Gasteiger partial charge on any atom is 0.137 e. The molecule has 2 N–H and O–H groups in total. The number of hydrogen-bond acceptors (Lipinski definition) is 4. The van der Waals surface area contributed by atoms with Crippen LogP contribution in [0.3, 0.4) is 0 Å². The first kappa shape index (κ1) is 14.2. The Morgan fingerprint density at radius 3 is 2.53 bits per heavy atom. The molecule has 0 unspecified atom stereocenters. The molecule has 17 heavy (non-hydrogen) atoms. The van der Waals surface area contributed by atoms with Crippen LogP contribution in [0.25, 0.3) is 0 Å². The molecule has 4 nitrogen and oxygen atoms in total. The molecular formula is C12H20ClN3O. The molecule has 0 spiro atoms. The summed E-state index contributed by atoms with van der Waals surface area (Å²) in [5.74, 6) is 0.740. The molecule has 0 fully saturated rings. The van der Waals surface area contributed by atoms with Crippen LogP contribution in [0.2, 0.25) is 5.15 Å². The second kappa shape index (κ2) is 6.17. The summed E-state index contributed by atoms with van der Waals surface area (Å²) in [4.78, 5) is 8.07. The summed E-state index contributed by atoms with van der Waals surface area (Å²) in [7, 11) is 0. The zero-order chi connectivity index (χ0) is 12.9. The maximum absolute atomic E-state index is 9.48. The van der Waals surface area contributed by atoms with Crippen molar-refractivity contribution < 1.29 is 5.11 Å². The zero-order valence-corrected chi connectivity index (χ0v) is 11.4. The lowest BCUT2D eigenvalue weighted by Gasteiger charge is -2.30. The Hall–Kier alpha value is -0.870. The highest BCUT2D eigenvalue weighted by atomic mass is 35.5. The second-order valence-corrected chi connectivity index (χ2v) is 4.71. The lowest BCUT2D eigenvalue weighted by Crippen LogP contribution is -2.32. The molecule has 96 valence electrons. The zero-order valence-electron chi connectivity index (χ0n) is 10.6. The first-order valence-corrected chi connectivity index (χ1v) is 6.28. The first-order valence-electron chi connectivity index (χ1n) is 5.90. The minimum atomic E-state index is -0.0934. The van der Waals surface area contributed by atoms with Gasteiger partial charge in [0.15, 0.2) is 0 Å². The quantitative estimate of drug-likeness (QED) is 0.770. The average Bonchev–Trinajstić information content (AvgIpc) is 2.36. The molecular weight excluding hydrogens is 238 g/mol. The van der Waals surface area contributed by atoms with Gasteiger partial charge in [-0.05, 0) is 19.8 Å². The van der Waals surface area contributed by atoms with Gasteiger partial charge in [0.05, 0.1) is 6.61 Å². The number of rotatable bonds is 6. The minimum Gasteiger partial charge on any atom is -0.396 e. The van der Waals surface area contributed by atoms with Gasteiger partial charge in [0.1, 0.15) is 17.3 Å². The second-order valence-electron chi connectivity index (χ2n) is 4.36. The fourth-order valence-electron chi connectivity index (χ4n) is 1.66. The molecule has 0 aromatic carbocycles. The molecule has 0 aliphatic rings. The number of halogens is 1. The molecule has 0 saturated heterocycles. The van der Waals surface area contributed by atoms with E-state index >= 15 is 0 Å². The van der Waals surface area contributed by atoms with Crippen LogP contribution in [0.1, 0.15) is 32.3 Å². The molecule has 0 aliphatic carbocycles. The Morgan fingerprint density at radius 1 is 1.35 bits per heavy atom. The summed E-state index contributed by atoms with van der Waals surface area (Å²) in [6.45, 7) is 6.90. The molecule has 1 aromatic rings. The Balaban J connectivity index is 2.75. The van der Waals surface area contributed by atoms with E-state index in [1.165, 1.54) is 6.33 Å². The van der Waals surface area contributed by atoms with Crippen molar-refractivity contribution in [1.29, 1.82) is 0 Å². The SMILES string of the molecule is CCC(CC)(CO)CNc1ncnc(Cl)c1C. The van der Waals surface area contributed by atoms with Crippen LogP contribution in [0, 0.1) is 12.3 Å². The van der Waals surface area contributed by atoms with Crippen molar-refractivity contribution in [2.45, 2.75) is 33.6 Å². The summed E-state index contributed by atoms with van der Waals surface area (Å²) in [5, 5.41) is 13.2. The van der Waals surface area contributed by atoms with Gasteiger partial charge in [0.2, 0.25) is 0 Å². The lowest BCUT2D eigenvalue weighted by atomic mass is 9.83. The van der Waals surface area contributed by atoms with Gasteiger partial charge in [-0.1, -0.05) is 25.4 Å². The monoisotopic (exact) mass is 257 g/mol. The van der Waals surface area contributed by atoms with Gasteiger partial charge in [-0.15, -0.1) is 0 Å². The highest BCUT2D eigenvalue weighted by Crippen LogP contribution is 2.27. The number of anilines is 1. The predicted octanol–water partition coefficient (Wildman–Crippen LogP) is 2.65. The van der Waals surface area contributed by atoms with E-state index in [-0.39, 0.29) is 12.0 Å². The topological polar surface area (TPSA) is 58.0 Å². The van der Waals surface area contributed by atoms with Crippen LogP contribution in [0.4, 0.5) is 5.82 Å². The third-order valence-corrected chi connectivity index (χ3v) is 3.87. The van der Waals surface area contributed by atoms with Crippen molar-refractivity contribution in [2.75, 3.05) is 18.5 Å². The van der Waals surface area contributed by atoms with E-state index in [2.05, 4.69) is 29.1 Å². The lowest BCUT2D eigenvalue weighted by molar-refractivity contribution is 0.127. The summed E-state index contributed by atoms with van der Waals surface area (Å²) < 4.78 is 0. The number of nitrogens with zero attached hydrogens (tertiary/aromatic N) is 2. The van der Waals surface area contributed by atoms with Gasteiger partial charge in [-0.25, -0.2) is 9.97 Å². The standard InChI is InChI=1S/C12H20ClN3O/c1-4-12(5-2,7-17)6-14-11-9(3)10(13)15-8-16-11/h8,17H,4-7H2,1-3H3,(H,14,15,16). The number of aliphatic hydroxyl groups excluding tert-OH is 1. The normalized spacial score (nSPS) is 11.6.